The summed E-state index contributed by atoms with van der Waals surface area (Å²) >= 11 is 0. The largest absolute Gasteiger partial charge is 0.197 e. The highest BCUT2D eigenvalue weighted by atomic mass is 15.1. The van der Waals surface area contributed by atoms with Crippen LogP contribution in [0.25, 0.3) is 0 Å². The molecule has 0 saturated heterocycles. The molecule has 2 heteroatoms. The molecule has 0 amide bonds. The zero-order valence-corrected chi connectivity index (χ0v) is 7.09. The molecule has 0 bridgehead atoms. The first kappa shape index (κ1) is 9.34. The molecular weight excluding hydrogens is 124 g/mol. The van der Waals surface area contributed by atoms with Crippen LogP contribution >= 0.6 is 0 Å². The molecule has 0 saturated carbocycles. The van der Waals surface area contributed by atoms with Gasteiger partial charge in [-0.25, -0.2) is 0 Å². The van der Waals surface area contributed by atoms with Crippen LogP contribution in [0.5, 0.6) is 0 Å². The highest BCUT2D eigenvalue weighted by molar-refractivity contribution is 4.87. The molecule has 0 aromatic heterocycles. The van der Waals surface area contributed by atoms with Crippen molar-refractivity contribution in [2.45, 2.75) is 32.2 Å². The van der Waals surface area contributed by atoms with E-state index in [1.54, 1.807) is 7.05 Å². The average molecular weight is 140 g/mol. The lowest BCUT2D eigenvalue weighted by molar-refractivity contribution is 0.438. The highest BCUT2D eigenvalue weighted by Crippen LogP contribution is 2.19. The molecule has 0 spiro atoms. The van der Waals surface area contributed by atoms with Crippen LogP contribution in [-0.2, 0) is 0 Å². The van der Waals surface area contributed by atoms with Gasteiger partial charge in [0.1, 0.15) is 0 Å². The summed E-state index contributed by atoms with van der Waals surface area (Å²) in [5, 5.41) is 7.89. The molecular formula is C8H16N2. The second-order valence-electron chi connectivity index (χ2n) is 2.64. The normalized spacial score (nSPS) is 17.1. The van der Waals surface area contributed by atoms with E-state index in [-0.39, 0.29) is 5.54 Å². The maximum absolute atomic E-state index is 4.12. The van der Waals surface area contributed by atoms with Gasteiger partial charge in [0.15, 0.2) is 0 Å². The molecule has 0 heterocycles. The number of rotatable bonds is 4. The minimum absolute atomic E-state index is 0.0174. The summed E-state index contributed by atoms with van der Waals surface area (Å²) in [6.07, 6.45) is 3.80. The minimum Gasteiger partial charge on any atom is -0.197 e. The second kappa shape index (κ2) is 4.20. The van der Waals surface area contributed by atoms with Gasteiger partial charge in [-0.05, 0) is 19.8 Å². The molecule has 0 aliphatic heterocycles. The molecule has 0 N–H and O–H groups in total. The number of hydrogen-bond acceptors (Lipinski definition) is 2. The Kier molecular flexibility index (Phi) is 3.93. The predicted molar refractivity (Wildman–Crippen MR) is 44.3 cm³/mol. The van der Waals surface area contributed by atoms with Crippen molar-refractivity contribution in [3.05, 3.63) is 12.7 Å². The summed E-state index contributed by atoms with van der Waals surface area (Å²) in [5.41, 5.74) is -0.0174. The van der Waals surface area contributed by atoms with Gasteiger partial charge in [0, 0.05) is 7.05 Å². The Morgan fingerprint density at radius 1 is 1.60 bits per heavy atom. The molecule has 10 heavy (non-hydrogen) atoms. The van der Waals surface area contributed by atoms with Gasteiger partial charge in [0.05, 0.1) is 5.54 Å². The molecule has 0 aliphatic rings. The van der Waals surface area contributed by atoms with Gasteiger partial charge >= 0.3 is 0 Å². The highest BCUT2D eigenvalue weighted by Gasteiger charge is 2.18. The van der Waals surface area contributed by atoms with Crippen LogP contribution in [0.2, 0.25) is 0 Å². The van der Waals surface area contributed by atoms with E-state index in [4.69, 9.17) is 0 Å². The van der Waals surface area contributed by atoms with Crippen molar-refractivity contribution in [2.24, 2.45) is 10.2 Å². The first-order valence-corrected chi connectivity index (χ1v) is 3.60. The minimum atomic E-state index is -0.0174. The van der Waals surface area contributed by atoms with Gasteiger partial charge in [0.25, 0.3) is 0 Å². The van der Waals surface area contributed by atoms with Crippen molar-refractivity contribution in [1.82, 2.24) is 0 Å². The van der Waals surface area contributed by atoms with E-state index in [9.17, 15) is 0 Å². The van der Waals surface area contributed by atoms with Crippen LogP contribution in [0.4, 0.5) is 0 Å². The van der Waals surface area contributed by atoms with Crippen molar-refractivity contribution in [2.75, 3.05) is 7.05 Å². The molecule has 1 atom stereocenters. The fraction of sp³-hybridized carbons (Fsp3) is 0.750. The Morgan fingerprint density at radius 3 is 2.50 bits per heavy atom. The molecule has 2 nitrogen and oxygen atoms in total. The van der Waals surface area contributed by atoms with Crippen molar-refractivity contribution < 1.29 is 0 Å². The quantitative estimate of drug-likeness (QED) is 0.424. The Hall–Kier alpha value is -0.660. The van der Waals surface area contributed by atoms with Crippen molar-refractivity contribution in [3.63, 3.8) is 0 Å². The lowest BCUT2D eigenvalue weighted by Gasteiger charge is -2.18. The van der Waals surface area contributed by atoms with E-state index in [1.165, 1.54) is 0 Å². The van der Waals surface area contributed by atoms with Crippen molar-refractivity contribution in [3.8, 4) is 0 Å². The van der Waals surface area contributed by atoms with Crippen LogP contribution in [-0.4, -0.2) is 12.6 Å². The molecule has 0 aliphatic carbocycles. The van der Waals surface area contributed by atoms with E-state index in [2.05, 4.69) is 30.7 Å². The monoisotopic (exact) mass is 140 g/mol. The van der Waals surface area contributed by atoms with Crippen LogP contribution in [0.1, 0.15) is 26.7 Å². The van der Waals surface area contributed by atoms with Gasteiger partial charge in [-0.3, -0.25) is 0 Å². The van der Waals surface area contributed by atoms with Crippen LogP contribution in [0, 0.1) is 0 Å². The SMILES string of the molecule is C=CCC(C)(CC)N=NC. The fourth-order valence-corrected chi connectivity index (χ4v) is 0.808. The Labute approximate surface area is 63.1 Å². The van der Waals surface area contributed by atoms with E-state index in [0.717, 1.165) is 12.8 Å². The number of hydrogen-bond donors (Lipinski definition) is 0. The Morgan fingerprint density at radius 2 is 2.20 bits per heavy atom. The third-order valence-electron chi connectivity index (χ3n) is 1.69. The van der Waals surface area contributed by atoms with Crippen molar-refractivity contribution >= 4 is 0 Å². The van der Waals surface area contributed by atoms with Crippen LogP contribution in [0.3, 0.4) is 0 Å². The average Bonchev–Trinajstić information content (AvgIpc) is 1.89. The van der Waals surface area contributed by atoms with E-state index in [1.807, 2.05) is 6.08 Å². The van der Waals surface area contributed by atoms with Crippen LogP contribution < -0.4 is 0 Å². The van der Waals surface area contributed by atoms with Gasteiger partial charge in [-0.2, -0.15) is 10.2 Å². The molecule has 0 rings (SSSR count). The Balaban J connectivity index is 4.06. The molecule has 1 unspecified atom stereocenters. The number of azo groups is 1. The zero-order valence-electron chi connectivity index (χ0n) is 7.09. The smallest absolute Gasteiger partial charge is 0.0819 e. The van der Waals surface area contributed by atoms with E-state index < -0.39 is 0 Å². The standard InChI is InChI=1S/C8H16N2/c1-5-7-8(3,6-2)10-9-4/h5H,1,6-7H2,2-4H3. The van der Waals surface area contributed by atoms with Crippen molar-refractivity contribution in [1.29, 1.82) is 0 Å². The topological polar surface area (TPSA) is 24.7 Å². The fourth-order valence-electron chi connectivity index (χ4n) is 0.808. The van der Waals surface area contributed by atoms with Gasteiger partial charge < -0.3 is 0 Å². The maximum Gasteiger partial charge on any atom is 0.0819 e. The third-order valence-corrected chi connectivity index (χ3v) is 1.69. The van der Waals surface area contributed by atoms with Gasteiger partial charge in [-0.1, -0.05) is 13.0 Å². The number of nitrogens with zero attached hydrogens (tertiary/aromatic N) is 2. The summed E-state index contributed by atoms with van der Waals surface area (Å²) in [6.45, 7) is 7.87. The molecule has 0 radical (unpaired) electrons. The lowest BCUT2D eigenvalue weighted by Crippen LogP contribution is -2.18. The molecule has 0 aromatic rings. The van der Waals surface area contributed by atoms with Crippen LogP contribution in [0.15, 0.2) is 22.9 Å². The summed E-state index contributed by atoms with van der Waals surface area (Å²) < 4.78 is 0. The molecule has 0 aromatic carbocycles. The summed E-state index contributed by atoms with van der Waals surface area (Å²) in [6, 6.07) is 0. The summed E-state index contributed by atoms with van der Waals surface area (Å²) in [5.74, 6) is 0. The molecule has 0 fully saturated rings. The van der Waals surface area contributed by atoms with E-state index >= 15 is 0 Å². The predicted octanol–water partition coefficient (Wildman–Crippen LogP) is 2.81. The second-order valence-corrected chi connectivity index (χ2v) is 2.64. The lowest BCUT2D eigenvalue weighted by atomic mass is 9.96. The zero-order chi connectivity index (χ0) is 8.04. The summed E-state index contributed by atoms with van der Waals surface area (Å²) in [7, 11) is 1.71. The van der Waals surface area contributed by atoms with E-state index in [0.29, 0.717) is 0 Å². The Bertz CT molecular complexity index is 129. The maximum atomic E-state index is 4.12. The molecule has 58 valence electrons. The third kappa shape index (κ3) is 2.76. The van der Waals surface area contributed by atoms with Gasteiger partial charge in [-0.15, -0.1) is 6.58 Å². The van der Waals surface area contributed by atoms with Gasteiger partial charge in [0.2, 0.25) is 0 Å². The first-order valence-electron chi connectivity index (χ1n) is 3.60. The summed E-state index contributed by atoms with van der Waals surface area (Å²) in [4.78, 5) is 0. The first-order chi connectivity index (χ1) is 4.68.